The summed E-state index contributed by atoms with van der Waals surface area (Å²) >= 11 is 6.11. The van der Waals surface area contributed by atoms with Crippen LogP contribution < -0.4 is 15.5 Å². The number of carbonyl (C=O) groups is 3. The zero-order valence-corrected chi connectivity index (χ0v) is 15.6. The molecule has 26 heavy (non-hydrogen) atoms. The number of halogens is 1. The lowest BCUT2D eigenvalue weighted by Gasteiger charge is -2.20. The van der Waals surface area contributed by atoms with Crippen molar-refractivity contribution in [1.82, 2.24) is 10.6 Å². The maximum absolute atomic E-state index is 12.6. The second-order valence-electron chi connectivity index (χ2n) is 6.74. The first kappa shape index (κ1) is 19.5. The Balaban J connectivity index is 2.14. The van der Waals surface area contributed by atoms with Gasteiger partial charge in [-0.1, -0.05) is 11.6 Å². The van der Waals surface area contributed by atoms with E-state index in [1.165, 1.54) is 12.1 Å². The number of hydrogen-bond donors (Lipinski definition) is 2. The van der Waals surface area contributed by atoms with Crippen LogP contribution in [0.2, 0.25) is 5.02 Å². The molecule has 1 heterocycles. The SMILES string of the molecule is Cc1c(N2C(=O)N[C@@H](CNC(=O)OC(C)(C)C)C2=O)ccc(C#N)c1Cl. The predicted molar refractivity (Wildman–Crippen MR) is 94.9 cm³/mol. The normalized spacial score (nSPS) is 16.9. The highest BCUT2D eigenvalue weighted by atomic mass is 35.5. The molecule has 1 aliphatic heterocycles. The number of imide groups is 1. The monoisotopic (exact) mass is 378 g/mol. The van der Waals surface area contributed by atoms with Gasteiger partial charge in [0.15, 0.2) is 0 Å². The zero-order valence-electron chi connectivity index (χ0n) is 14.8. The van der Waals surface area contributed by atoms with Crippen molar-refractivity contribution in [3.63, 3.8) is 0 Å². The van der Waals surface area contributed by atoms with E-state index < -0.39 is 29.7 Å². The molecule has 1 aromatic carbocycles. The summed E-state index contributed by atoms with van der Waals surface area (Å²) in [6, 6.07) is 3.31. The van der Waals surface area contributed by atoms with Crippen LogP contribution in [0.3, 0.4) is 0 Å². The Morgan fingerprint density at radius 1 is 1.42 bits per heavy atom. The molecule has 1 saturated heterocycles. The van der Waals surface area contributed by atoms with Crippen LogP contribution in [0.1, 0.15) is 31.9 Å². The van der Waals surface area contributed by atoms with Gasteiger partial charge >= 0.3 is 12.1 Å². The number of benzene rings is 1. The summed E-state index contributed by atoms with van der Waals surface area (Å²) in [6.45, 7) is 6.65. The van der Waals surface area contributed by atoms with Crippen molar-refractivity contribution >= 4 is 35.3 Å². The minimum atomic E-state index is -0.927. The van der Waals surface area contributed by atoms with E-state index in [0.717, 1.165) is 4.90 Å². The first-order valence-electron chi connectivity index (χ1n) is 7.85. The molecule has 0 aromatic heterocycles. The van der Waals surface area contributed by atoms with Crippen LogP contribution in [0, 0.1) is 18.3 Å². The average molecular weight is 379 g/mol. The number of ether oxygens (including phenoxy) is 1. The first-order chi connectivity index (χ1) is 12.0. The second kappa shape index (κ2) is 7.22. The van der Waals surface area contributed by atoms with E-state index in [2.05, 4.69) is 10.6 Å². The molecule has 0 unspecified atom stereocenters. The van der Waals surface area contributed by atoms with E-state index in [-0.39, 0.29) is 22.8 Å². The Morgan fingerprint density at radius 3 is 2.65 bits per heavy atom. The number of nitrogens with zero attached hydrogens (tertiary/aromatic N) is 2. The summed E-state index contributed by atoms with van der Waals surface area (Å²) in [7, 11) is 0. The fraction of sp³-hybridized carbons (Fsp3) is 0.412. The molecule has 4 amide bonds. The minimum Gasteiger partial charge on any atom is -0.444 e. The lowest BCUT2D eigenvalue weighted by Crippen LogP contribution is -2.43. The lowest BCUT2D eigenvalue weighted by atomic mass is 10.1. The van der Waals surface area contributed by atoms with E-state index in [9.17, 15) is 14.4 Å². The summed E-state index contributed by atoms with van der Waals surface area (Å²) < 4.78 is 5.10. The van der Waals surface area contributed by atoms with E-state index >= 15 is 0 Å². The van der Waals surface area contributed by atoms with Crippen LogP contribution in [0.15, 0.2) is 12.1 Å². The van der Waals surface area contributed by atoms with Gasteiger partial charge in [-0.3, -0.25) is 4.79 Å². The van der Waals surface area contributed by atoms with Gasteiger partial charge in [0.25, 0.3) is 5.91 Å². The van der Waals surface area contributed by atoms with Crippen molar-refractivity contribution in [3.05, 3.63) is 28.3 Å². The Bertz CT molecular complexity index is 810. The molecule has 0 saturated carbocycles. The number of carbonyl (C=O) groups excluding carboxylic acids is 3. The summed E-state index contributed by atoms with van der Waals surface area (Å²) in [5, 5.41) is 14.1. The van der Waals surface area contributed by atoms with Gasteiger partial charge in [-0.05, 0) is 45.4 Å². The fourth-order valence-electron chi connectivity index (χ4n) is 2.40. The molecule has 0 bridgehead atoms. The topological polar surface area (TPSA) is 112 Å². The molecule has 138 valence electrons. The molecule has 9 heteroatoms. The minimum absolute atomic E-state index is 0.112. The number of anilines is 1. The molecule has 2 N–H and O–H groups in total. The Kier molecular flexibility index (Phi) is 5.42. The predicted octanol–water partition coefficient (Wildman–Crippen LogP) is 2.47. The zero-order chi connectivity index (χ0) is 19.6. The number of rotatable bonds is 3. The average Bonchev–Trinajstić information content (AvgIpc) is 2.81. The third-order valence-electron chi connectivity index (χ3n) is 3.59. The molecule has 8 nitrogen and oxygen atoms in total. The van der Waals surface area contributed by atoms with Crippen molar-refractivity contribution in [2.75, 3.05) is 11.4 Å². The summed E-state index contributed by atoms with van der Waals surface area (Å²) in [5.74, 6) is -0.532. The van der Waals surface area contributed by atoms with Crippen molar-refractivity contribution in [1.29, 1.82) is 5.26 Å². The van der Waals surface area contributed by atoms with Gasteiger partial charge in [-0.25, -0.2) is 14.5 Å². The van der Waals surface area contributed by atoms with E-state index in [1.807, 2.05) is 6.07 Å². The molecule has 0 radical (unpaired) electrons. The van der Waals surface area contributed by atoms with Crippen LogP contribution >= 0.6 is 11.6 Å². The van der Waals surface area contributed by atoms with Gasteiger partial charge in [-0.2, -0.15) is 5.26 Å². The highest BCUT2D eigenvalue weighted by Crippen LogP contribution is 2.31. The number of urea groups is 1. The Hall–Kier alpha value is -2.79. The Labute approximate surface area is 156 Å². The van der Waals surface area contributed by atoms with E-state index in [0.29, 0.717) is 5.56 Å². The maximum atomic E-state index is 12.6. The van der Waals surface area contributed by atoms with Gasteiger partial charge in [0.2, 0.25) is 0 Å². The van der Waals surface area contributed by atoms with Gasteiger partial charge < -0.3 is 15.4 Å². The van der Waals surface area contributed by atoms with Gasteiger partial charge in [0, 0.05) is 0 Å². The van der Waals surface area contributed by atoms with E-state index in [4.69, 9.17) is 21.6 Å². The molecule has 2 rings (SSSR count). The molecule has 1 aliphatic rings. The highest BCUT2D eigenvalue weighted by Gasteiger charge is 2.40. The van der Waals surface area contributed by atoms with Crippen molar-refractivity contribution in [2.45, 2.75) is 39.3 Å². The summed E-state index contributed by atoms with van der Waals surface area (Å²) in [5.41, 5.74) is 0.310. The molecule has 0 aliphatic carbocycles. The van der Waals surface area contributed by atoms with Crippen LogP contribution in [-0.4, -0.2) is 36.2 Å². The quantitative estimate of drug-likeness (QED) is 0.785. The smallest absolute Gasteiger partial charge is 0.407 e. The number of nitrogens with one attached hydrogen (secondary N) is 2. The number of alkyl carbamates (subject to hydrolysis) is 1. The molecule has 0 spiro atoms. The van der Waals surface area contributed by atoms with E-state index in [1.54, 1.807) is 27.7 Å². The van der Waals surface area contributed by atoms with Crippen molar-refractivity contribution in [3.8, 4) is 6.07 Å². The van der Waals surface area contributed by atoms with Crippen molar-refractivity contribution in [2.24, 2.45) is 0 Å². The van der Waals surface area contributed by atoms with Gasteiger partial charge in [0.05, 0.1) is 22.8 Å². The number of hydrogen-bond acceptors (Lipinski definition) is 5. The molecule has 1 fully saturated rings. The highest BCUT2D eigenvalue weighted by molar-refractivity contribution is 6.33. The first-order valence-corrected chi connectivity index (χ1v) is 8.23. The van der Waals surface area contributed by atoms with Crippen molar-refractivity contribution < 1.29 is 19.1 Å². The fourth-order valence-corrected chi connectivity index (χ4v) is 2.60. The number of nitriles is 1. The maximum Gasteiger partial charge on any atom is 0.407 e. The largest absolute Gasteiger partial charge is 0.444 e. The van der Waals surface area contributed by atoms with Crippen LogP contribution in [0.5, 0.6) is 0 Å². The Morgan fingerprint density at radius 2 is 2.08 bits per heavy atom. The van der Waals surface area contributed by atoms with Crippen LogP contribution in [-0.2, 0) is 9.53 Å². The van der Waals surface area contributed by atoms with Crippen LogP contribution in [0.4, 0.5) is 15.3 Å². The summed E-state index contributed by atoms with van der Waals surface area (Å²) in [6.07, 6.45) is -0.685. The standard InChI is InChI=1S/C17H19ClN4O4/c1-9-12(6-5-10(7-19)13(9)18)22-14(23)11(21-15(22)24)8-20-16(25)26-17(2,3)4/h5-6,11H,8H2,1-4H3,(H,20,25)(H,21,24)/t11-/m0/s1. The van der Waals surface area contributed by atoms with Crippen LogP contribution in [0.25, 0.3) is 0 Å². The lowest BCUT2D eigenvalue weighted by molar-refractivity contribution is -0.118. The molecular weight excluding hydrogens is 360 g/mol. The van der Waals surface area contributed by atoms with Gasteiger partial charge in [0.1, 0.15) is 17.7 Å². The number of amides is 4. The van der Waals surface area contributed by atoms with Gasteiger partial charge in [-0.15, -0.1) is 0 Å². The summed E-state index contributed by atoms with van der Waals surface area (Å²) in [4.78, 5) is 37.5. The molecule has 1 atom stereocenters. The second-order valence-corrected chi connectivity index (χ2v) is 7.12. The molecule has 1 aromatic rings. The molecular formula is C17H19ClN4O4. The third kappa shape index (κ3) is 4.06. The third-order valence-corrected chi connectivity index (χ3v) is 4.07.